The minimum absolute atomic E-state index is 0.203. The average Bonchev–Trinajstić information content (AvgIpc) is 2.34. The first kappa shape index (κ1) is 15.7. The van der Waals surface area contributed by atoms with Crippen LogP contribution in [-0.4, -0.2) is 8.42 Å². The van der Waals surface area contributed by atoms with Gasteiger partial charge in [0.2, 0.25) is 9.84 Å². The Balaban J connectivity index is 2.79. The molecule has 7 heteroatoms. The average molecular weight is 534 g/mol. The quantitative estimate of drug-likeness (QED) is 0.473. The number of rotatable bonds is 2. The number of sulfone groups is 1. The van der Waals surface area contributed by atoms with E-state index in [9.17, 15) is 8.42 Å². The van der Waals surface area contributed by atoms with Crippen LogP contribution in [0.15, 0.2) is 64.1 Å². The van der Waals surface area contributed by atoms with Crippen molar-refractivity contribution in [2.24, 2.45) is 0 Å². The van der Waals surface area contributed by atoms with E-state index in [1.165, 1.54) is 0 Å². The van der Waals surface area contributed by atoms with Crippen molar-refractivity contribution in [1.82, 2.24) is 0 Å². The lowest BCUT2D eigenvalue weighted by Crippen LogP contribution is -2.05. The maximum absolute atomic E-state index is 12.7. The lowest BCUT2D eigenvalue weighted by molar-refractivity contribution is 0.594. The van der Waals surface area contributed by atoms with Gasteiger partial charge >= 0.3 is 0 Å². The summed E-state index contributed by atoms with van der Waals surface area (Å²) in [6.07, 6.45) is 0. The lowest BCUT2D eigenvalue weighted by Gasteiger charge is -2.11. The van der Waals surface area contributed by atoms with Gasteiger partial charge in [0, 0.05) is 13.4 Å². The van der Waals surface area contributed by atoms with Gasteiger partial charge in [0.05, 0.1) is 9.37 Å². The number of benzene rings is 2. The molecule has 0 radical (unpaired) electrons. The Morgan fingerprint density at radius 1 is 0.737 bits per heavy atom. The third-order valence-corrected chi connectivity index (χ3v) is 8.45. The van der Waals surface area contributed by atoms with Crippen molar-refractivity contribution in [2.75, 3.05) is 0 Å². The maximum atomic E-state index is 12.7. The fourth-order valence-corrected chi connectivity index (χ4v) is 6.61. The zero-order chi connectivity index (χ0) is 14.2. The molecule has 2 aromatic rings. The highest BCUT2D eigenvalue weighted by Crippen LogP contribution is 2.39. The first-order chi connectivity index (χ1) is 8.85. The van der Waals surface area contributed by atoms with Crippen LogP contribution in [0.3, 0.4) is 0 Å². The molecule has 0 spiro atoms. The fourth-order valence-electron chi connectivity index (χ4n) is 1.53. The van der Waals surface area contributed by atoms with Gasteiger partial charge in [-0.3, -0.25) is 0 Å². The molecular formula is C12H6Br4O2S. The second-order valence-electron chi connectivity index (χ2n) is 3.61. The molecule has 19 heavy (non-hydrogen) atoms. The van der Waals surface area contributed by atoms with E-state index in [1.54, 1.807) is 36.4 Å². The molecule has 0 saturated heterocycles. The highest BCUT2D eigenvalue weighted by molar-refractivity contribution is 9.13. The van der Waals surface area contributed by atoms with E-state index in [0.717, 1.165) is 0 Å². The summed E-state index contributed by atoms with van der Waals surface area (Å²) < 4.78 is 27.7. The van der Waals surface area contributed by atoms with Gasteiger partial charge in [0.1, 0.15) is 4.90 Å². The third-order valence-electron chi connectivity index (χ3n) is 2.40. The molecule has 0 aliphatic rings. The molecule has 0 saturated carbocycles. The molecule has 2 aromatic carbocycles. The predicted octanol–water partition coefficient (Wildman–Crippen LogP) is 5.57. The molecule has 2 rings (SSSR count). The minimum atomic E-state index is -3.62. The Morgan fingerprint density at radius 3 is 1.95 bits per heavy atom. The molecule has 0 amide bonds. The normalized spacial score (nSPS) is 11.6. The Morgan fingerprint density at radius 2 is 1.32 bits per heavy atom. The predicted molar refractivity (Wildman–Crippen MR) is 89.1 cm³/mol. The van der Waals surface area contributed by atoms with E-state index in [2.05, 4.69) is 63.7 Å². The van der Waals surface area contributed by atoms with Crippen molar-refractivity contribution in [1.29, 1.82) is 0 Å². The standard InChI is InChI=1S/C12H6Br4O2S/c13-7-3-1-2-4-10(7)19(17,18)12-9(15)6-5-8(14)11(12)16/h1-6H. The summed E-state index contributed by atoms with van der Waals surface area (Å²) in [6, 6.07) is 10.2. The number of halogens is 4. The fraction of sp³-hybridized carbons (Fsp3) is 0. The first-order valence-corrected chi connectivity index (χ1v) is 9.64. The van der Waals surface area contributed by atoms with E-state index in [4.69, 9.17) is 0 Å². The molecule has 2 nitrogen and oxygen atoms in total. The van der Waals surface area contributed by atoms with E-state index in [0.29, 0.717) is 17.9 Å². The van der Waals surface area contributed by atoms with Crippen LogP contribution >= 0.6 is 63.7 Å². The summed E-state index contributed by atoms with van der Waals surface area (Å²) in [6.45, 7) is 0. The summed E-state index contributed by atoms with van der Waals surface area (Å²) in [5.74, 6) is 0. The molecule has 0 N–H and O–H groups in total. The molecule has 0 atom stereocenters. The zero-order valence-corrected chi connectivity index (χ0v) is 16.4. The van der Waals surface area contributed by atoms with Crippen molar-refractivity contribution < 1.29 is 8.42 Å². The monoisotopic (exact) mass is 530 g/mol. The molecule has 0 fully saturated rings. The van der Waals surface area contributed by atoms with Gasteiger partial charge < -0.3 is 0 Å². The number of hydrogen-bond acceptors (Lipinski definition) is 2. The van der Waals surface area contributed by atoms with Crippen LogP contribution in [0.4, 0.5) is 0 Å². The molecule has 0 heterocycles. The van der Waals surface area contributed by atoms with Crippen molar-refractivity contribution in [2.45, 2.75) is 9.79 Å². The molecular weight excluding hydrogens is 528 g/mol. The smallest absolute Gasteiger partial charge is 0.209 e. The van der Waals surface area contributed by atoms with Crippen molar-refractivity contribution in [3.05, 3.63) is 54.3 Å². The summed E-state index contributed by atoms with van der Waals surface area (Å²) in [4.78, 5) is 0.434. The Labute approximate surface area is 145 Å². The van der Waals surface area contributed by atoms with Crippen LogP contribution in [-0.2, 0) is 9.84 Å². The van der Waals surface area contributed by atoms with Gasteiger partial charge in [-0.15, -0.1) is 0 Å². The van der Waals surface area contributed by atoms with E-state index in [-0.39, 0.29) is 9.79 Å². The molecule has 0 aliphatic carbocycles. The summed E-state index contributed by atoms with van der Waals surface area (Å²) >= 11 is 13.2. The third kappa shape index (κ3) is 3.00. The van der Waals surface area contributed by atoms with Gasteiger partial charge in [-0.2, -0.15) is 0 Å². The molecule has 100 valence electrons. The topological polar surface area (TPSA) is 34.1 Å². The Bertz CT molecular complexity index is 741. The van der Waals surface area contributed by atoms with Gasteiger partial charge in [0.15, 0.2) is 0 Å². The second-order valence-corrected chi connectivity index (χ2v) is 8.82. The second kappa shape index (κ2) is 5.97. The first-order valence-electron chi connectivity index (χ1n) is 4.99. The highest BCUT2D eigenvalue weighted by Gasteiger charge is 2.26. The van der Waals surface area contributed by atoms with Crippen LogP contribution in [0, 0.1) is 0 Å². The molecule has 0 aromatic heterocycles. The maximum Gasteiger partial charge on any atom is 0.209 e. The molecule has 0 aliphatic heterocycles. The van der Waals surface area contributed by atoms with Gasteiger partial charge in [-0.05, 0) is 88.0 Å². The van der Waals surface area contributed by atoms with Gasteiger partial charge in [0.25, 0.3) is 0 Å². The van der Waals surface area contributed by atoms with E-state index in [1.807, 2.05) is 0 Å². The van der Waals surface area contributed by atoms with Crippen molar-refractivity contribution in [3.8, 4) is 0 Å². The Kier molecular flexibility index (Phi) is 4.93. The van der Waals surface area contributed by atoms with Crippen LogP contribution in [0.1, 0.15) is 0 Å². The highest BCUT2D eigenvalue weighted by atomic mass is 79.9. The van der Waals surface area contributed by atoms with Crippen LogP contribution in [0.25, 0.3) is 0 Å². The molecule has 0 unspecified atom stereocenters. The van der Waals surface area contributed by atoms with Crippen molar-refractivity contribution >= 4 is 73.6 Å². The summed E-state index contributed by atoms with van der Waals surface area (Å²) in [7, 11) is -3.62. The lowest BCUT2D eigenvalue weighted by atomic mass is 10.4. The summed E-state index contributed by atoms with van der Waals surface area (Å²) in [5.41, 5.74) is 0. The van der Waals surface area contributed by atoms with E-state index >= 15 is 0 Å². The van der Waals surface area contributed by atoms with Gasteiger partial charge in [-0.1, -0.05) is 12.1 Å². The number of hydrogen-bond donors (Lipinski definition) is 0. The van der Waals surface area contributed by atoms with Gasteiger partial charge in [-0.25, -0.2) is 8.42 Å². The zero-order valence-electron chi connectivity index (χ0n) is 9.20. The SMILES string of the molecule is O=S(=O)(c1ccccc1Br)c1c(Br)ccc(Br)c1Br. The molecule has 0 bridgehead atoms. The minimum Gasteiger partial charge on any atom is -0.218 e. The summed E-state index contributed by atoms with van der Waals surface area (Å²) in [5, 5.41) is 0. The van der Waals surface area contributed by atoms with E-state index < -0.39 is 9.84 Å². The van der Waals surface area contributed by atoms with Crippen molar-refractivity contribution in [3.63, 3.8) is 0 Å². The largest absolute Gasteiger partial charge is 0.218 e. The Hall–Kier alpha value is 0.310. The van der Waals surface area contributed by atoms with Crippen LogP contribution < -0.4 is 0 Å². The van der Waals surface area contributed by atoms with Crippen LogP contribution in [0.5, 0.6) is 0 Å². The van der Waals surface area contributed by atoms with Crippen LogP contribution in [0.2, 0.25) is 0 Å².